The van der Waals surface area contributed by atoms with Crippen LogP contribution in [-0.2, 0) is 14.2 Å². The molecular weight excluding hydrogens is 240 g/mol. The first kappa shape index (κ1) is 16.3. The fourth-order valence-electron chi connectivity index (χ4n) is 2.37. The van der Waals surface area contributed by atoms with E-state index in [-0.39, 0.29) is 18.5 Å². The molecule has 0 spiro atoms. The number of hydrogen-bond donors (Lipinski definition) is 0. The van der Waals surface area contributed by atoms with Crippen molar-refractivity contribution < 1.29 is 14.2 Å². The summed E-state index contributed by atoms with van der Waals surface area (Å²) in [4.78, 5) is 0. The minimum atomic E-state index is -0.225. The lowest BCUT2D eigenvalue weighted by atomic mass is 9.80. The van der Waals surface area contributed by atoms with E-state index in [1.165, 1.54) is 11.8 Å². The number of allylic oxidation sites excluding steroid dienone is 1. The van der Waals surface area contributed by atoms with Crippen molar-refractivity contribution in [3.8, 4) is 0 Å². The highest BCUT2D eigenvalue weighted by atomic mass is 16.7. The van der Waals surface area contributed by atoms with Gasteiger partial charge in [0.15, 0.2) is 6.29 Å². The lowest BCUT2D eigenvalue weighted by molar-refractivity contribution is -0.176. The Bertz CT molecular complexity index is 311. The van der Waals surface area contributed by atoms with Crippen LogP contribution < -0.4 is 0 Å². The van der Waals surface area contributed by atoms with Gasteiger partial charge in [-0.05, 0) is 44.6 Å². The van der Waals surface area contributed by atoms with Gasteiger partial charge in [0.25, 0.3) is 0 Å². The fraction of sp³-hybridized carbons (Fsp3) is 0.750. The van der Waals surface area contributed by atoms with E-state index in [1.807, 2.05) is 13.8 Å². The van der Waals surface area contributed by atoms with Crippen LogP contribution in [0.1, 0.15) is 41.0 Å². The van der Waals surface area contributed by atoms with Crippen molar-refractivity contribution in [1.82, 2.24) is 0 Å². The molecular formula is C16H28O3. The topological polar surface area (TPSA) is 27.7 Å². The summed E-state index contributed by atoms with van der Waals surface area (Å²) in [6.07, 6.45) is 4.81. The summed E-state index contributed by atoms with van der Waals surface area (Å²) in [5.41, 5.74) is 1.32. The van der Waals surface area contributed by atoms with Gasteiger partial charge in [-0.1, -0.05) is 26.5 Å². The average Bonchev–Trinajstić information content (AvgIpc) is 2.37. The van der Waals surface area contributed by atoms with Crippen LogP contribution >= 0.6 is 0 Å². The number of ether oxygens (including phenoxy) is 3. The van der Waals surface area contributed by atoms with E-state index < -0.39 is 0 Å². The summed E-state index contributed by atoms with van der Waals surface area (Å²) in [5.74, 6) is 1.18. The van der Waals surface area contributed by atoms with Crippen LogP contribution in [-0.4, -0.2) is 25.1 Å². The van der Waals surface area contributed by atoms with Crippen molar-refractivity contribution in [1.29, 1.82) is 0 Å². The molecule has 0 heterocycles. The lowest BCUT2D eigenvalue weighted by Gasteiger charge is -2.35. The van der Waals surface area contributed by atoms with Crippen LogP contribution in [0.2, 0.25) is 0 Å². The first-order valence-electron chi connectivity index (χ1n) is 7.15. The van der Waals surface area contributed by atoms with Gasteiger partial charge >= 0.3 is 0 Å². The van der Waals surface area contributed by atoms with E-state index in [4.69, 9.17) is 14.2 Å². The second-order valence-electron chi connectivity index (χ2n) is 5.59. The SMILES string of the molecule is C=COC(C)COC(C)O[C@@H]1C(C)=CCC(C)C1C. The Hall–Kier alpha value is -0.800. The summed E-state index contributed by atoms with van der Waals surface area (Å²) >= 11 is 0. The molecule has 4 unspecified atom stereocenters. The third-order valence-corrected chi connectivity index (χ3v) is 3.87. The molecule has 0 aromatic rings. The van der Waals surface area contributed by atoms with Crippen LogP contribution in [0, 0.1) is 11.8 Å². The molecule has 3 heteroatoms. The first-order chi connectivity index (χ1) is 8.95. The van der Waals surface area contributed by atoms with Crippen molar-refractivity contribution in [2.45, 2.75) is 59.5 Å². The van der Waals surface area contributed by atoms with E-state index in [2.05, 4.69) is 33.4 Å². The fourth-order valence-corrected chi connectivity index (χ4v) is 2.37. The molecule has 0 saturated heterocycles. The van der Waals surface area contributed by atoms with Crippen LogP contribution in [0.4, 0.5) is 0 Å². The molecule has 5 atom stereocenters. The third kappa shape index (κ3) is 5.00. The third-order valence-electron chi connectivity index (χ3n) is 3.87. The molecule has 3 nitrogen and oxygen atoms in total. The highest BCUT2D eigenvalue weighted by molar-refractivity contribution is 5.11. The van der Waals surface area contributed by atoms with Gasteiger partial charge in [0, 0.05) is 0 Å². The minimum Gasteiger partial charge on any atom is -0.497 e. The van der Waals surface area contributed by atoms with E-state index in [9.17, 15) is 0 Å². The highest BCUT2D eigenvalue weighted by Gasteiger charge is 2.29. The number of rotatable bonds is 7. The molecule has 0 saturated carbocycles. The minimum absolute atomic E-state index is 0.00268. The van der Waals surface area contributed by atoms with Crippen molar-refractivity contribution in [2.24, 2.45) is 11.8 Å². The van der Waals surface area contributed by atoms with Gasteiger partial charge in [0.05, 0.1) is 19.0 Å². The molecule has 0 amide bonds. The van der Waals surface area contributed by atoms with Gasteiger partial charge in [-0.25, -0.2) is 0 Å². The monoisotopic (exact) mass is 268 g/mol. The van der Waals surface area contributed by atoms with E-state index in [1.54, 1.807) is 0 Å². The van der Waals surface area contributed by atoms with Crippen LogP contribution in [0.15, 0.2) is 24.5 Å². The zero-order chi connectivity index (χ0) is 14.4. The largest absolute Gasteiger partial charge is 0.497 e. The highest BCUT2D eigenvalue weighted by Crippen LogP contribution is 2.32. The standard InChI is InChI=1S/C16H28O3/c1-7-17-13(4)10-18-15(6)19-16-12(3)9-8-11(2)14(16)5/h7,9,11,13-16H,1,8,10H2,2-6H3/t11?,13?,14?,15?,16-/m1/s1. The summed E-state index contributed by atoms with van der Waals surface area (Å²) in [5, 5.41) is 0. The molecule has 110 valence electrons. The second-order valence-corrected chi connectivity index (χ2v) is 5.59. The summed E-state index contributed by atoms with van der Waals surface area (Å²) in [6, 6.07) is 0. The molecule has 0 radical (unpaired) electrons. The summed E-state index contributed by atoms with van der Waals surface area (Å²) < 4.78 is 16.9. The first-order valence-corrected chi connectivity index (χ1v) is 7.15. The maximum absolute atomic E-state index is 6.04. The quantitative estimate of drug-likeness (QED) is 0.398. The second kappa shape index (κ2) is 7.71. The molecule has 0 aliphatic heterocycles. The maximum Gasteiger partial charge on any atom is 0.155 e. The summed E-state index contributed by atoms with van der Waals surface area (Å²) in [6.45, 7) is 14.6. The van der Waals surface area contributed by atoms with Crippen molar-refractivity contribution in [3.63, 3.8) is 0 Å². The Kier molecular flexibility index (Phi) is 6.59. The Morgan fingerprint density at radius 1 is 1.42 bits per heavy atom. The zero-order valence-corrected chi connectivity index (χ0v) is 12.9. The maximum atomic E-state index is 6.04. The molecule has 1 aliphatic rings. The smallest absolute Gasteiger partial charge is 0.155 e. The molecule has 0 N–H and O–H groups in total. The zero-order valence-electron chi connectivity index (χ0n) is 12.9. The summed E-state index contributed by atoms with van der Waals surface area (Å²) in [7, 11) is 0. The Morgan fingerprint density at radius 3 is 2.74 bits per heavy atom. The Balaban J connectivity index is 2.42. The molecule has 0 aromatic heterocycles. The van der Waals surface area contributed by atoms with Crippen LogP contribution in [0.5, 0.6) is 0 Å². The van der Waals surface area contributed by atoms with E-state index in [0.717, 1.165) is 6.42 Å². The van der Waals surface area contributed by atoms with Gasteiger partial charge in [0.2, 0.25) is 0 Å². The normalized spacial score (nSPS) is 30.4. The van der Waals surface area contributed by atoms with Crippen LogP contribution in [0.25, 0.3) is 0 Å². The van der Waals surface area contributed by atoms with Crippen molar-refractivity contribution in [2.75, 3.05) is 6.61 Å². The van der Waals surface area contributed by atoms with Gasteiger partial charge < -0.3 is 14.2 Å². The average molecular weight is 268 g/mol. The molecule has 0 bridgehead atoms. The van der Waals surface area contributed by atoms with Crippen molar-refractivity contribution >= 4 is 0 Å². The van der Waals surface area contributed by atoms with Crippen LogP contribution in [0.3, 0.4) is 0 Å². The number of hydrogen-bond acceptors (Lipinski definition) is 3. The van der Waals surface area contributed by atoms with Gasteiger partial charge in [-0.2, -0.15) is 0 Å². The Labute approximate surface area is 117 Å². The van der Waals surface area contributed by atoms with Gasteiger partial charge in [-0.3, -0.25) is 0 Å². The Morgan fingerprint density at radius 2 is 2.11 bits per heavy atom. The molecule has 0 fully saturated rings. The molecule has 19 heavy (non-hydrogen) atoms. The van der Waals surface area contributed by atoms with Gasteiger partial charge in [0.1, 0.15) is 6.10 Å². The van der Waals surface area contributed by atoms with Crippen molar-refractivity contribution in [3.05, 3.63) is 24.5 Å². The lowest BCUT2D eigenvalue weighted by Crippen LogP contribution is -2.35. The van der Waals surface area contributed by atoms with E-state index in [0.29, 0.717) is 18.4 Å². The molecule has 1 aliphatic carbocycles. The predicted octanol–water partition coefficient (Wildman–Crippen LogP) is 3.91. The predicted molar refractivity (Wildman–Crippen MR) is 77.7 cm³/mol. The van der Waals surface area contributed by atoms with Gasteiger partial charge in [-0.15, -0.1) is 0 Å². The molecule has 1 rings (SSSR count). The van der Waals surface area contributed by atoms with E-state index >= 15 is 0 Å². The molecule has 0 aromatic carbocycles.